The predicted octanol–water partition coefficient (Wildman–Crippen LogP) is 4.13. The van der Waals surface area contributed by atoms with Crippen molar-refractivity contribution in [3.8, 4) is 5.75 Å². The molecule has 1 aromatic heterocycles. The molecular formula is C14H20N2OS. The van der Waals surface area contributed by atoms with Gasteiger partial charge >= 0.3 is 0 Å². The fourth-order valence-electron chi connectivity index (χ4n) is 1.89. The van der Waals surface area contributed by atoms with E-state index in [9.17, 15) is 0 Å². The third-order valence-corrected chi connectivity index (χ3v) is 3.85. The van der Waals surface area contributed by atoms with Crippen LogP contribution in [-0.4, -0.2) is 17.6 Å². The van der Waals surface area contributed by atoms with Crippen LogP contribution >= 0.6 is 11.3 Å². The maximum Gasteiger partial charge on any atom is 0.183 e. The summed E-state index contributed by atoms with van der Waals surface area (Å²) >= 11 is 1.68. The number of aryl methyl sites for hydroxylation is 1. The second-order valence-electron chi connectivity index (χ2n) is 4.69. The Bertz CT molecular complexity index is 560. The van der Waals surface area contributed by atoms with Gasteiger partial charge in [-0.2, -0.15) is 0 Å². The van der Waals surface area contributed by atoms with Gasteiger partial charge < -0.3 is 10.1 Å². The van der Waals surface area contributed by atoms with Crippen molar-refractivity contribution in [3.05, 3.63) is 17.2 Å². The van der Waals surface area contributed by atoms with Gasteiger partial charge in [0.25, 0.3) is 0 Å². The highest BCUT2D eigenvalue weighted by Crippen LogP contribution is 2.35. The molecule has 0 bridgehead atoms. The lowest BCUT2D eigenvalue weighted by atomic mass is 10.1. The Labute approximate surface area is 112 Å². The minimum atomic E-state index is 0.196. The van der Waals surface area contributed by atoms with Gasteiger partial charge in [-0.25, -0.2) is 4.98 Å². The first kappa shape index (κ1) is 13.1. The number of hydrogen-bond donors (Lipinski definition) is 1. The molecule has 1 heterocycles. The topological polar surface area (TPSA) is 34.2 Å². The summed E-state index contributed by atoms with van der Waals surface area (Å²) in [4.78, 5) is 4.63. The van der Waals surface area contributed by atoms with Gasteiger partial charge in [0.15, 0.2) is 5.13 Å². The molecule has 0 fully saturated rings. The molecule has 4 heteroatoms. The van der Waals surface area contributed by atoms with E-state index in [1.54, 1.807) is 11.3 Å². The summed E-state index contributed by atoms with van der Waals surface area (Å²) in [6.07, 6.45) is 0.196. The van der Waals surface area contributed by atoms with Crippen molar-refractivity contribution in [2.75, 3.05) is 11.9 Å². The van der Waals surface area contributed by atoms with Gasteiger partial charge in [0.1, 0.15) is 5.75 Å². The Hall–Kier alpha value is -1.29. The third kappa shape index (κ3) is 2.43. The monoisotopic (exact) mass is 264 g/mol. The van der Waals surface area contributed by atoms with E-state index < -0.39 is 0 Å². The predicted molar refractivity (Wildman–Crippen MR) is 79.0 cm³/mol. The van der Waals surface area contributed by atoms with Crippen LogP contribution in [0.3, 0.4) is 0 Å². The lowest BCUT2D eigenvalue weighted by molar-refractivity contribution is 0.241. The minimum absolute atomic E-state index is 0.196. The van der Waals surface area contributed by atoms with Crippen molar-refractivity contribution >= 4 is 26.7 Å². The molecule has 0 spiro atoms. The van der Waals surface area contributed by atoms with E-state index in [1.807, 2.05) is 0 Å². The molecule has 0 radical (unpaired) electrons. The second-order valence-corrected chi connectivity index (χ2v) is 5.72. The summed E-state index contributed by atoms with van der Waals surface area (Å²) in [5.74, 6) is 0.974. The molecule has 0 aliphatic carbocycles. The zero-order chi connectivity index (χ0) is 13.3. The molecule has 2 rings (SSSR count). The maximum absolute atomic E-state index is 5.86. The van der Waals surface area contributed by atoms with Gasteiger partial charge in [-0.1, -0.05) is 11.3 Å². The van der Waals surface area contributed by atoms with Crippen LogP contribution in [0.1, 0.15) is 31.9 Å². The van der Waals surface area contributed by atoms with Gasteiger partial charge in [0.2, 0.25) is 0 Å². The van der Waals surface area contributed by atoms with E-state index in [1.165, 1.54) is 15.8 Å². The fourth-order valence-corrected chi connectivity index (χ4v) is 2.91. The van der Waals surface area contributed by atoms with Crippen molar-refractivity contribution in [2.45, 2.75) is 40.7 Å². The molecule has 0 saturated heterocycles. The summed E-state index contributed by atoms with van der Waals surface area (Å²) in [5.41, 5.74) is 3.48. The van der Waals surface area contributed by atoms with Crippen molar-refractivity contribution in [1.82, 2.24) is 4.98 Å². The molecule has 0 atom stereocenters. The SMILES string of the molecule is CCNc1nc2c(C)c(C)c(OC(C)C)cc2s1. The maximum atomic E-state index is 5.86. The van der Waals surface area contributed by atoms with Crippen LogP contribution in [0.2, 0.25) is 0 Å². The summed E-state index contributed by atoms with van der Waals surface area (Å²) in [5, 5.41) is 4.25. The first-order valence-corrected chi connectivity index (χ1v) is 7.15. The van der Waals surface area contributed by atoms with E-state index in [-0.39, 0.29) is 6.10 Å². The number of fused-ring (bicyclic) bond motifs is 1. The Morgan fingerprint density at radius 2 is 2.06 bits per heavy atom. The lowest BCUT2D eigenvalue weighted by Crippen LogP contribution is -2.07. The number of aromatic nitrogens is 1. The number of thiazole rings is 1. The highest BCUT2D eigenvalue weighted by atomic mass is 32.1. The van der Waals surface area contributed by atoms with Gasteiger partial charge in [0, 0.05) is 6.54 Å². The summed E-state index contributed by atoms with van der Waals surface area (Å²) in [6.45, 7) is 11.3. The Balaban J connectivity index is 2.52. The lowest BCUT2D eigenvalue weighted by Gasteiger charge is -2.14. The van der Waals surface area contributed by atoms with Crippen LogP contribution in [0.25, 0.3) is 10.2 Å². The molecule has 3 nitrogen and oxygen atoms in total. The highest BCUT2D eigenvalue weighted by Gasteiger charge is 2.13. The summed E-state index contributed by atoms with van der Waals surface area (Å²) in [7, 11) is 0. The average Bonchev–Trinajstić information content (AvgIpc) is 2.68. The zero-order valence-electron chi connectivity index (χ0n) is 11.6. The van der Waals surface area contributed by atoms with Crippen LogP contribution in [0.4, 0.5) is 5.13 Å². The number of benzene rings is 1. The number of rotatable bonds is 4. The Kier molecular flexibility index (Phi) is 3.76. The smallest absolute Gasteiger partial charge is 0.183 e. The molecule has 2 aromatic rings. The molecule has 98 valence electrons. The Morgan fingerprint density at radius 3 is 2.67 bits per heavy atom. The largest absolute Gasteiger partial charge is 0.491 e. The van der Waals surface area contributed by atoms with E-state index in [4.69, 9.17) is 4.74 Å². The molecule has 0 amide bonds. The molecule has 1 aromatic carbocycles. The summed E-state index contributed by atoms with van der Waals surface area (Å²) < 4.78 is 7.05. The van der Waals surface area contributed by atoms with E-state index in [0.717, 1.165) is 22.9 Å². The molecule has 0 aliphatic rings. The minimum Gasteiger partial charge on any atom is -0.491 e. The number of anilines is 1. The normalized spacial score (nSPS) is 11.2. The van der Waals surface area contributed by atoms with Crippen molar-refractivity contribution in [3.63, 3.8) is 0 Å². The van der Waals surface area contributed by atoms with Gasteiger partial charge in [-0.05, 0) is 51.8 Å². The number of nitrogens with one attached hydrogen (secondary N) is 1. The summed E-state index contributed by atoms with van der Waals surface area (Å²) in [6, 6.07) is 2.11. The zero-order valence-corrected chi connectivity index (χ0v) is 12.4. The number of hydrogen-bond acceptors (Lipinski definition) is 4. The van der Waals surface area contributed by atoms with E-state index >= 15 is 0 Å². The first-order chi connectivity index (χ1) is 8.52. The van der Waals surface area contributed by atoms with Crippen molar-refractivity contribution < 1.29 is 4.74 Å². The van der Waals surface area contributed by atoms with Crippen molar-refractivity contribution in [1.29, 1.82) is 0 Å². The van der Waals surface area contributed by atoms with Crippen LogP contribution in [-0.2, 0) is 0 Å². The highest BCUT2D eigenvalue weighted by molar-refractivity contribution is 7.22. The van der Waals surface area contributed by atoms with Gasteiger partial charge in [-0.15, -0.1) is 0 Å². The van der Waals surface area contributed by atoms with Crippen LogP contribution in [0.5, 0.6) is 5.75 Å². The molecule has 18 heavy (non-hydrogen) atoms. The van der Waals surface area contributed by atoms with Crippen LogP contribution in [0.15, 0.2) is 6.07 Å². The second kappa shape index (κ2) is 5.14. The third-order valence-electron chi connectivity index (χ3n) is 2.89. The average molecular weight is 264 g/mol. The Morgan fingerprint density at radius 1 is 1.33 bits per heavy atom. The van der Waals surface area contributed by atoms with Gasteiger partial charge in [0.05, 0.1) is 16.3 Å². The molecule has 0 aliphatic heterocycles. The number of nitrogens with zero attached hydrogens (tertiary/aromatic N) is 1. The van der Waals surface area contributed by atoms with E-state index in [2.05, 4.69) is 51.0 Å². The van der Waals surface area contributed by atoms with E-state index in [0.29, 0.717) is 0 Å². The molecular weight excluding hydrogens is 244 g/mol. The molecule has 0 unspecified atom stereocenters. The molecule has 0 saturated carbocycles. The first-order valence-electron chi connectivity index (χ1n) is 6.34. The number of ether oxygens (including phenoxy) is 1. The van der Waals surface area contributed by atoms with Crippen LogP contribution < -0.4 is 10.1 Å². The standard InChI is InChI=1S/C14H20N2OS/c1-6-15-14-16-13-10(5)9(4)11(17-8(2)3)7-12(13)18-14/h7-8H,6H2,1-5H3,(H,15,16). The quantitative estimate of drug-likeness (QED) is 0.901. The van der Waals surface area contributed by atoms with Crippen LogP contribution in [0, 0.1) is 13.8 Å². The van der Waals surface area contributed by atoms with Gasteiger partial charge in [-0.3, -0.25) is 0 Å². The van der Waals surface area contributed by atoms with Crippen molar-refractivity contribution in [2.24, 2.45) is 0 Å². The molecule has 1 N–H and O–H groups in total. The fraction of sp³-hybridized carbons (Fsp3) is 0.500.